The Morgan fingerprint density at radius 2 is 1.85 bits per heavy atom. The van der Waals surface area contributed by atoms with Gasteiger partial charge in [0.25, 0.3) is 0 Å². The molecule has 1 aliphatic rings. The van der Waals surface area contributed by atoms with Crippen molar-refractivity contribution >= 4 is 12.0 Å². The maximum absolute atomic E-state index is 11.6. The molecule has 0 radical (unpaired) electrons. The Labute approximate surface area is 120 Å². The first-order chi connectivity index (χ1) is 9.50. The molecule has 0 saturated carbocycles. The number of urea groups is 1. The van der Waals surface area contributed by atoms with Crippen molar-refractivity contribution in [3.8, 4) is 0 Å². The number of rotatable bonds is 8. The van der Waals surface area contributed by atoms with Gasteiger partial charge in [-0.2, -0.15) is 0 Å². The molecule has 0 bridgehead atoms. The first kappa shape index (κ1) is 16.8. The number of hydrogen-bond donors (Lipinski definition) is 3. The summed E-state index contributed by atoms with van der Waals surface area (Å²) in [5.74, 6) is -1.14. The SMILES string of the molecule is CC(CCCNC(=O)NCC(C)N1CCCC1)C(=O)O. The zero-order valence-corrected chi connectivity index (χ0v) is 12.5. The van der Waals surface area contributed by atoms with Crippen LogP contribution in [0.15, 0.2) is 0 Å². The van der Waals surface area contributed by atoms with E-state index in [1.165, 1.54) is 12.8 Å². The number of carboxylic acid groups (broad SMARTS) is 1. The summed E-state index contributed by atoms with van der Waals surface area (Å²) < 4.78 is 0. The summed E-state index contributed by atoms with van der Waals surface area (Å²) in [5, 5.41) is 14.4. The van der Waals surface area contributed by atoms with Gasteiger partial charge in [0.2, 0.25) is 0 Å². The molecule has 0 aliphatic carbocycles. The Hall–Kier alpha value is -1.30. The van der Waals surface area contributed by atoms with E-state index >= 15 is 0 Å². The number of carbonyl (C=O) groups is 2. The van der Waals surface area contributed by atoms with Crippen molar-refractivity contribution in [2.45, 2.75) is 45.6 Å². The Morgan fingerprint density at radius 1 is 1.20 bits per heavy atom. The Kier molecular flexibility index (Phi) is 7.36. The number of aliphatic carboxylic acids is 1. The fraction of sp³-hybridized carbons (Fsp3) is 0.857. The maximum atomic E-state index is 11.6. The molecule has 20 heavy (non-hydrogen) atoms. The molecule has 0 spiro atoms. The Balaban J connectivity index is 2.04. The summed E-state index contributed by atoms with van der Waals surface area (Å²) in [4.78, 5) is 24.6. The monoisotopic (exact) mass is 285 g/mol. The predicted molar refractivity (Wildman–Crippen MR) is 77.7 cm³/mol. The summed E-state index contributed by atoms with van der Waals surface area (Å²) >= 11 is 0. The molecule has 6 nitrogen and oxygen atoms in total. The third-order valence-corrected chi connectivity index (χ3v) is 3.84. The molecule has 2 unspecified atom stereocenters. The molecule has 2 atom stereocenters. The normalized spacial score (nSPS) is 18.5. The van der Waals surface area contributed by atoms with Crippen LogP contribution in [0.5, 0.6) is 0 Å². The van der Waals surface area contributed by atoms with Gasteiger partial charge in [0.15, 0.2) is 0 Å². The molecular weight excluding hydrogens is 258 g/mol. The highest BCUT2D eigenvalue weighted by Crippen LogP contribution is 2.10. The van der Waals surface area contributed by atoms with Crippen molar-refractivity contribution in [2.75, 3.05) is 26.2 Å². The van der Waals surface area contributed by atoms with Crippen LogP contribution in [0.25, 0.3) is 0 Å². The minimum absolute atomic E-state index is 0.168. The smallest absolute Gasteiger partial charge is 0.314 e. The molecule has 1 aliphatic heterocycles. The summed E-state index contributed by atoms with van der Waals surface area (Å²) in [7, 11) is 0. The molecule has 1 heterocycles. The molecular formula is C14H27N3O3. The van der Waals surface area contributed by atoms with Crippen molar-refractivity contribution in [1.29, 1.82) is 0 Å². The van der Waals surface area contributed by atoms with Crippen molar-refractivity contribution in [2.24, 2.45) is 5.92 Å². The average Bonchev–Trinajstić information content (AvgIpc) is 2.94. The van der Waals surface area contributed by atoms with E-state index in [-0.39, 0.29) is 11.9 Å². The number of carboxylic acids is 1. The lowest BCUT2D eigenvalue weighted by Crippen LogP contribution is -2.44. The number of amides is 2. The molecule has 0 aromatic carbocycles. The quantitative estimate of drug-likeness (QED) is 0.587. The standard InChI is InChI=1S/C14H27N3O3/c1-11(13(18)19)6-5-7-15-14(20)16-10-12(2)17-8-3-4-9-17/h11-12H,3-10H2,1-2H3,(H,18,19)(H2,15,16,20). The third kappa shape index (κ3) is 6.23. The third-order valence-electron chi connectivity index (χ3n) is 3.84. The van der Waals surface area contributed by atoms with E-state index in [9.17, 15) is 9.59 Å². The number of carbonyl (C=O) groups excluding carboxylic acids is 1. The van der Waals surface area contributed by atoms with Gasteiger partial charge in [-0.05, 0) is 45.7 Å². The molecule has 6 heteroatoms. The first-order valence-electron chi connectivity index (χ1n) is 7.49. The van der Waals surface area contributed by atoms with Crippen molar-refractivity contribution in [1.82, 2.24) is 15.5 Å². The van der Waals surface area contributed by atoms with E-state index < -0.39 is 5.97 Å². The van der Waals surface area contributed by atoms with Gasteiger partial charge in [0.05, 0.1) is 5.92 Å². The predicted octanol–water partition coefficient (Wildman–Crippen LogP) is 1.27. The minimum Gasteiger partial charge on any atom is -0.481 e. The van der Waals surface area contributed by atoms with Crippen LogP contribution in [0.1, 0.15) is 39.5 Å². The molecule has 0 aromatic heterocycles. The highest BCUT2D eigenvalue weighted by atomic mass is 16.4. The second-order valence-electron chi connectivity index (χ2n) is 5.61. The van der Waals surface area contributed by atoms with Crippen molar-refractivity contribution < 1.29 is 14.7 Å². The summed E-state index contributed by atoms with van der Waals surface area (Å²) in [6, 6.07) is 0.203. The number of nitrogens with zero attached hydrogens (tertiary/aromatic N) is 1. The fourth-order valence-electron chi connectivity index (χ4n) is 2.35. The zero-order chi connectivity index (χ0) is 15.0. The van der Waals surface area contributed by atoms with E-state index in [1.54, 1.807) is 6.92 Å². The summed E-state index contributed by atoms with van der Waals surface area (Å²) in [6.07, 6.45) is 3.76. The van der Waals surface area contributed by atoms with Crippen LogP contribution in [0.4, 0.5) is 4.79 Å². The van der Waals surface area contributed by atoms with E-state index in [0.717, 1.165) is 13.1 Å². The lowest BCUT2D eigenvalue weighted by Gasteiger charge is -2.23. The molecule has 1 fully saturated rings. The summed E-state index contributed by atoms with van der Waals surface area (Å²) in [5.41, 5.74) is 0. The highest BCUT2D eigenvalue weighted by molar-refractivity contribution is 5.73. The van der Waals surface area contributed by atoms with E-state index in [4.69, 9.17) is 5.11 Å². The van der Waals surface area contributed by atoms with Gasteiger partial charge in [-0.3, -0.25) is 9.69 Å². The van der Waals surface area contributed by atoms with Gasteiger partial charge in [0.1, 0.15) is 0 Å². The maximum Gasteiger partial charge on any atom is 0.314 e. The number of likely N-dealkylation sites (tertiary alicyclic amines) is 1. The minimum atomic E-state index is -0.783. The van der Waals surface area contributed by atoms with Gasteiger partial charge in [-0.25, -0.2) is 4.79 Å². The van der Waals surface area contributed by atoms with Crippen LogP contribution in [-0.2, 0) is 4.79 Å². The van der Waals surface area contributed by atoms with Crippen LogP contribution < -0.4 is 10.6 Å². The number of hydrogen-bond acceptors (Lipinski definition) is 3. The van der Waals surface area contributed by atoms with E-state index in [2.05, 4.69) is 22.5 Å². The molecule has 1 saturated heterocycles. The van der Waals surface area contributed by atoms with Gasteiger partial charge in [-0.1, -0.05) is 6.92 Å². The lowest BCUT2D eigenvalue weighted by molar-refractivity contribution is -0.141. The second-order valence-corrected chi connectivity index (χ2v) is 5.61. The van der Waals surface area contributed by atoms with Crippen molar-refractivity contribution in [3.05, 3.63) is 0 Å². The largest absolute Gasteiger partial charge is 0.481 e. The summed E-state index contributed by atoms with van der Waals surface area (Å²) in [6.45, 7) is 7.22. The molecule has 116 valence electrons. The fourth-order valence-corrected chi connectivity index (χ4v) is 2.35. The first-order valence-corrected chi connectivity index (χ1v) is 7.49. The molecule has 1 rings (SSSR count). The molecule has 2 amide bonds. The second kappa shape index (κ2) is 8.79. The topological polar surface area (TPSA) is 81.7 Å². The van der Waals surface area contributed by atoms with E-state index in [1.807, 2.05) is 0 Å². The molecule has 3 N–H and O–H groups in total. The Bertz CT molecular complexity index is 317. The van der Waals surface area contributed by atoms with Crippen LogP contribution in [0.2, 0.25) is 0 Å². The zero-order valence-electron chi connectivity index (χ0n) is 12.5. The van der Waals surface area contributed by atoms with Crippen LogP contribution >= 0.6 is 0 Å². The molecule has 0 aromatic rings. The highest BCUT2D eigenvalue weighted by Gasteiger charge is 2.18. The van der Waals surface area contributed by atoms with Crippen LogP contribution in [0.3, 0.4) is 0 Å². The average molecular weight is 285 g/mol. The lowest BCUT2D eigenvalue weighted by atomic mass is 10.1. The van der Waals surface area contributed by atoms with E-state index in [0.29, 0.717) is 32.0 Å². The van der Waals surface area contributed by atoms with Gasteiger partial charge >= 0.3 is 12.0 Å². The van der Waals surface area contributed by atoms with Crippen LogP contribution in [0, 0.1) is 5.92 Å². The number of nitrogens with one attached hydrogen (secondary N) is 2. The van der Waals surface area contributed by atoms with Crippen LogP contribution in [-0.4, -0.2) is 54.2 Å². The van der Waals surface area contributed by atoms with Gasteiger partial charge in [0, 0.05) is 19.1 Å². The van der Waals surface area contributed by atoms with Gasteiger partial charge in [-0.15, -0.1) is 0 Å². The van der Waals surface area contributed by atoms with Crippen molar-refractivity contribution in [3.63, 3.8) is 0 Å². The van der Waals surface area contributed by atoms with Gasteiger partial charge < -0.3 is 15.7 Å². The Morgan fingerprint density at radius 3 is 2.45 bits per heavy atom.